The lowest BCUT2D eigenvalue weighted by atomic mass is 9.95. The van der Waals surface area contributed by atoms with Crippen LogP contribution in [-0.4, -0.2) is 0 Å². The molecule has 2 nitrogen and oxygen atoms in total. The molecule has 0 spiro atoms. The molecule has 0 N–H and O–H groups in total. The molecule has 57 heavy (non-hydrogen) atoms. The van der Waals surface area contributed by atoms with Gasteiger partial charge in [-0.15, -0.1) is 11.3 Å². The number of hydrogen-bond donors (Lipinski definition) is 0. The van der Waals surface area contributed by atoms with Crippen LogP contribution in [-0.2, 0) is 0 Å². The quantitative estimate of drug-likeness (QED) is 0.162. The molecule has 268 valence electrons. The zero-order valence-electron chi connectivity index (χ0n) is 31.0. The van der Waals surface area contributed by atoms with E-state index in [1.54, 1.807) is 0 Å². The van der Waals surface area contributed by atoms with Gasteiger partial charge in [0.1, 0.15) is 11.2 Å². The van der Waals surface area contributed by atoms with Crippen LogP contribution >= 0.6 is 11.3 Å². The number of thiophene rings is 1. The number of anilines is 3. The summed E-state index contributed by atoms with van der Waals surface area (Å²) in [5.41, 5.74) is 14.6. The van der Waals surface area contributed by atoms with Crippen molar-refractivity contribution in [3.8, 4) is 44.5 Å². The second kappa shape index (κ2) is 13.8. The van der Waals surface area contributed by atoms with Crippen molar-refractivity contribution in [1.82, 2.24) is 0 Å². The Morgan fingerprint density at radius 3 is 1.47 bits per heavy atom. The number of rotatable bonds is 7. The van der Waals surface area contributed by atoms with Crippen LogP contribution in [0.3, 0.4) is 0 Å². The van der Waals surface area contributed by atoms with E-state index >= 15 is 0 Å². The molecule has 0 aliphatic rings. The normalized spacial score (nSPS) is 11.5. The standard InChI is InChI=1S/C54H35NOS/c1-3-12-36(13-4-1)38-22-28-42(29-23-38)55(43-30-24-39(25-31-43)37-14-5-2-6-15-37)44-32-26-40(27-33-44)49-34-41(35-50-47-17-8-10-21-52(47)57-54(49)50)45-18-11-19-48-46-16-7-9-20-51(46)56-53(45)48/h1-35H. The summed E-state index contributed by atoms with van der Waals surface area (Å²) in [7, 11) is 0. The molecule has 0 radical (unpaired) electrons. The van der Waals surface area contributed by atoms with Crippen LogP contribution in [0.1, 0.15) is 0 Å². The van der Waals surface area contributed by atoms with Crippen LogP contribution in [0.2, 0.25) is 0 Å². The monoisotopic (exact) mass is 745 g/mol. The number of hydrogen-bond acceptors (Lipinski definition) is 3. The maximum Gasteiger partial charge on any atom is 0.143 e. The summed E-state index contributed by atoms with van der Waals surface area (Å²) >= 11 is 1.86. The van der Waals surface area contributed by atoms with E-state index in [0.717, 1.165) is 50.1 Å². The number of nitrogens with zero attached hydrogens (tertiary/aromatic N) is 1. The molecule has 0 saturated heterocycles. The molecule has 9 aromatic carbocycles. The van der Waals surface area contributed by atoms with Crippen LogP contribution < -0.4 is 4.90 Å². The first-order valence-corrected chi connectivity index (χ1v) is 20.1. The second-order valence-corrected chi connectivity index (χ2v) is 15.5. The van der Waals surface area contributed by atoms with E-state index in [2.05, 4.69) is 211 Å². The fourth-order valence-corrected chi connectivity index (χ4v) is 9.50. The van der Waals surface area contributed by atoms with Crippen LogP contribution in [0.5, 0.6) is 0 Å². The van der Waals surface area contributed by atoms with Gasteiger partial charge in [-0.25, -0.2) is 0 Å². The smallest absolute Gasteiger partial charge is 0.143 e. The summed E-state index contributed by atoms with van der Waals surface area (Å²) in [6, 6.07) is 76.3. The van der Waals surface area contributed by atoms with Crippen molar-refractivity contribution in [1.29, 1.82) is 0 Å². The number of furan rings is 1. The first kappa shape index (κ1) is 33.2. The fraction of sp³-hybridized carbons (Fsp3) is 0. The molecular weight excluding hydrogens is 711 g/mol. The maximum absolute atomic E-state index is 6.55. The molecule has 3 heteroatoms. The van der Waals surface area contributed by atoms with Gasteiger partial charge in [-0.2, -0.15) is 0 Å². The van der Waals surface area contributed by atoms with E-state index in [4.69, 9.17) is 4.42 Å². The summed E-state index contributed by atoms with van der Waals surface area (Å²) < 4.78 is 9.12. The van der Waals surface area contributed by atoms with Gasteiger partial charge in [0.25, 0.3) is 0 Å². The first-order valence-electron chi connectivity index (χ1n) is 19.3. The first-order chi connectivity index (χ1) is 28.2. The number of fused-ring (bicyclic) bond motifs is 6. The third-order valence-corrected chi connectivity index (χ3v) is 12.3. The predicted octanol–water partition coefficient (Wildman–Crippen LogP) is 16.1. The predicted molar refractivity (Wildman–Crippen MR) is 243 cm³/mol. The van der Waals surface area contributed by atoms with Gasteiger partial charge in [0.15, 0.2) is 0 Å². The lowest BCUT2D eigenvalue weighted by Crippen LogP contribution is -2.09. The largest absolute Gasteiger partial charge is 0.455 e. The second-order valence-electron chi connectivity index (χ2n) is 14.5. The third kappa shape index (κ3) is 5.88. The van der Waals surface area contributed by atoms with Crippen molar-refractivity contribution in [3.05, 3.63) is 212 Å². The van der Waals surface area contributed by atoms with Gasteiger partial charge in [-0.05, 0) is 94.0 Å². The maximum atomic E-state index is 6.55. The molecule has 0 amide bonds. The van der Waals surface area contributed by atoms with Crippen LogP contribution in [0, 0.1) is 0 Å². The topological polar surface area (TPSA) is 16.4 Å². The summed E-state index contributed by atoms with van der Waals surface area (Å²) in [6.45, 7) is 0. The highest BCUT2D eigenvalue weighted by Gasteiger charge is 2.19. The summed E-state index contributed by atoms with van der Waals surface area (Å²) in [5, 5.41) is 4.82. The molecule has 0 aliphatic heterocycles. The Labute approximate surface area is 335 Å². The van der Waals surface area contributed by atoms with E-state index in [1.807, 2.05) is 17.4 Å². The van der Waals surface area contributed by atoms with Crippen LogP contribution in [0.25, 0.3) is 86.6 Å². The van der Waals surface area contributed by atoms with E-state index < -0.39 is 0 Å². The Kier molecular flexibility index (Phi) is 8.04. The minimum Gasteiger partial charge on any atom is -0.455 e. The molecule has 11 rings (SSSR count). The zero-order valence-corrected chi connectivity index (χ0v) is 31.8. The van der Waals surface area contributed by atoms with Crippen molar-refractivity contribution in [2.24, 2.45) is 0 Å². The molecule has 0 aliphatic carbocycles. The number of benzene rings is 9. The Hall–Kier alpha value is -7.20. The van der Waals surface area contributed by atoms with Crippen molar-refractivity contribution < 1.29 is 4.42 Å². The molecule has 0 fully saturated rings. The summed E-state index contributed by atoms with van der Waals surface area (Å²) in [6.07, 6.45) is 0. The van der Waals surface area contributed by atoms with Gasteiger partial charge in [-0.3, -0.25) is 0 Å². The lowest BCUT2D eigenvalue weighted by molar-refractivity contribution is 0.670. The molecule has 0 atom stereocenters. The lowest BCUT2D eigenvalue weighted by Gasteiger charge is -2.26. The van der Waals surface area contributed by atoms with Crippen molar-refractivity contribution >= 4 is 70.5 Å². The molecule has 11 aromatic rings. The Balaban J connectivity index is 1.04. The molecule has 2 heterocycles. The van der Waals surface area contributed by atoms with Gasteiger partial charge in [0.2, 0.25) is 0 Å². The minimum atomic E-state index is 0.909. The molecule has 0 bridgehead atoms. The molecule has 0 unspecified atom stereocenters. The van der Waals surface area contributed by atoms with E-state index in [0.29, 0.717) is 0 Å². The minimum absolute atomic E-state index is 0.909. The Morgan fingerprint density at radius 1 is 0.333 bits per heavy atom. The van der Waals surface area contributed by atoms with Gasteiger partial charge < -0.3 is 9.32 Å². The summed E-state index contributed by atoms with van der Waals surface area (Å²) in [5.74, 6) is 0. The van der Waals surface area contributed by atoms with Gasteiger partial charge in [-0.1, -0.05) is 152 Å². The van der Waals surface area contributed by atoms with Crippen LogP contribution in [0.15, 0.2) is 217 Å². The van der Waals surface area contributed by atoms with E-state index in [9.17, 15) is 0 Å². The molecule has 0 saturated carbocycles. The number of para-hydroxylation sites is 2. The fourth-order valence-electron chi connectivity index (χ4n) is 8.28. The molecular formula is C54H35NOS. The van der Waals surface area contributed by atoms with Gasteiger partial charge in [0.05, 0.1) is 0 Å². The average Bonchev–Trinajstić information content (AvgIpc) is 3.86. The third-order valence-electron chi connectivity index (χ3n) is 11.1. The Morgan fingerprint density at radius 2 is 0.842 bits per heavy atom. The van der Waals surface area contributed by atoms with Crippen LogP contribution in [0.4, 0.5) is 17.1 Å². The van der Waals surface area contributed by atoms with Crippen molar-refractivity contribution in [3.63, 3.8) is 0 Å². The van der Waals surface area contributed by atoms with Gasteiger partial charge in [0, 0.05) is 59.1 Å². The van der Waals surface area contributed by atoms with Crippen molar-refractivity contribution in [2.45, 2.75) is 0 Å². The highest BCUT2D eigenvalue weighted by atomic mass is 32.1. The van der Waals surface area contributed by atoms with E-state index in [-0.39, 0.29) is 0 Å². The van der Waals surface area contributed by atoms with E-state index in [1.165, 1.54) is 53.6 Å². The van der Waals surface area contributed by atoms with Crippen molar-refractivity contribution in [2.75, 3.05) is 4.90 Å². The summed E-state index contributed by atoms with van der Waals surface area (Å²) in [4.78, 5) is 2.35. The highest BCUT2D eigenvalue weighted by Crippen LogP contribution is 2.45. The zero-order chi connectivity index (χ0) is 37.7. The van der Waals surface area contributed by atoms with Gasteiger partial charge >= 0.3 is 0 Å². The highest BCUT2D eigenvalue weighted by molar-refractivity contribution is 7.26. The molecule has 2 aromatic heterocycles. The Bertz CT molecular complexity index is 3110. The average molecular weight is 746 g/mol. The SMILES string of the molecule is c1ccc(-c2ccc(N(c3ccc(-c4ccccc4)cc3)c3ccc(-c4cc(-c5cccc6c5oc5ccccc56)cc5c4sc4ccccc45)cc3)cc2)cc1.